The predicted molar refractivity (Wildman–Crippen MR) is 77.5 cm³/mol. The van der Waals surface area contributed by atoms with Gasteiger partial charge in [0, 0.05) is 12.4 Å². The zero-order chi connectivity index (χ0) is 15.0. The van der Waals surface area contributed by atoms with Crippen molar-refractivity contribution in [2.75, 3.05) is 19.8 Å². The molecule has 6 nitrogen and oxygen atoms in total. The van der Waals surface area contributed by atoms with Gasteiger partial charge < -0.3 is 14.6 Å². The van der Waals surface area contributed by atoms with Gasteiger partial charge in [0.15, 0.2) is 12.5 Å². The van der Waals surface area contributed by atoms with E-state index >= 15 is 0 Å². The van der Waals surface area contributed by atoms with E-state index in [0.29, 0.717) is 13.2 Å². The highest BCUT2D eigenvalue weighted by Crippen LogP contribution is 2.47. The van der Waals surface area contributed by atoms with Crippen molar-refractivity contribution in [2.45, 2.75) is 18.0 Å². The van der Waals surface area contributed by atoms with Crippen LogP contribution in [-0.2, 0) is 9.47 Å². The van der Waals surface area contributed by atoms with Crippen LogP contribution in [0.5, 0.6) is 0 Å². The van der Waals surface area contributed by atoms with E-state index in [1.54, 1.807) is 12.4 Å². The minimum atomic E-state index is -0.537. The third kappa shape index (κ3) is 2.04. The van der Waals surface area contributed by atoms with Crippen LogP contribution in [0.3, 0.4) is 0 Å². The van der Waals surface area contributed by atoms with E-state index in [4.69, 9.17) is 9.47 Å². The molecule has 1 N–H and O–H groups in total. The normalized spacial score (nSPS) is 31.3. The van der Waals surface area contributed by atoms with E-state index < -0.39 is 5.54 Å². The molecule has 2 saturated heterocycles. The first-order valence-corrected chi connectivity index (χ1v) is 7.28. The number of aromatic nitrogens is 2. The monoisotopic (exact) mass is 299 g/mol. The highest BCUT2D eigenvalue weighted by atomic mass is 16.6. The van der Waals surface area contributed by atoms with Crippen molar-refractivity contribution < 1.29 is 14.6 Å². The van der Waals surface area contributed by atoms with Gasteiger partial charge in [-0.2, -0.15) is 0 Å². The quantitative estimate of drug-likeness (QED) is 0.920. The highest BCUT2D eigenvalue weighted by molar-refractivity contribution is 5.17. The van der Waals surface area contributed by atoms with Gasteiger partial charge in [-0.15, -0.1) is 0 Å². The fraction of sp³-hybridized carbons (Fsp3) is 0.375. The summed E-state index contributed by atoms with van der Waals surface area (Å²) in [6, 6.07) is 11.4. The van der Waals surface area contributed by atoms with Crippen LogP contribution in [0, 0.1) is 0 Å². The number of hydrogen-bond donors (Lipinski definition) is 1. The summed E-state index contributed by atoms with van der Waals surface area (Å²) in [5, 5.41) is 9.91. The van der Waals surface area contributed by atoms with Crippen LogP contribution in [-0.4, -0.2) is 45.3 Å². The van der Waals surface area contributed by atoms with E-state index in [1.165, 1.54) is 0 Å². The average Bonchev–Trinajstić information content (AvgIpc) is 3.14. The van der Waals surface area contributed by atoms with Gasteiger partial charge in [-0.3, -0.25) is 9.97 Å². The van der Waals surface area contributed by atoms with Gasteiger partial charge in [0.2, 0.25) is 0 Å². The van der Waals surface area contributed by atoms with Gasteiger partial charge >= 0.3 is 0 Å². The molecule has 2 aliphatic heterocycles. The molecule has 4 heterocycles. The second-order valence-electron chi connectivity index (χ2n) is 5.63. The number of nitrogens with zero attached hydrogens (tertiary/aromatic N) is 3. The lowest BCUT2D eigenvalue weighted by Gasteiger charge is -2.31. The molecule has 0 saturated carbocycles. The second-order valence-corrected chi connectivity index (χ2v) is 5.63. The molecule has 2 aromatic heterocycles. The molecule has 3 atom stereocenters. The maximum Gasteiger partial charge on any atom is 0.156 e. The molecule has 2 fully saturated rings. The Morgan fingerprint density at radius 3 is 1.95 bits per heavy atom. The van der Waals surface area contributed by atoms with Gasteiger partial charge in [-0.25, -0.2) is 4.90 Å². The van der Waals surface area contributed by atoms with Crippen LogP contribution in [0.25, 0.3) is 0 Å². The topological polar surface area (TPSA) is 67.7 Å². The van der Waals surface area contributed by atoms with Crippen LogP contribution in [0.2, 0.25) is 0 Å². The summed E-state index contributed by atoms with van der Waals surface area (Å²) in [6.45, 7) is 0.793. The third-order valence-electron chi connectivity index (χ3n) is 4.25. The first-order chi connectivity index (χ1) is 10.8. The van der Waals surface area contributed by atoms with Crippen LogP contribution >= 0.6 is 0 Å². The van der Waals surface area contributed by atoms with Crippen molar-refractivity contribution in [1.82, 2.24) is 14.9 Å². The Kier molecular flexibility index (Phi) is 3.38. The molecule has 0 spiro atoms. The molecular weight excluding hydrogens is 282 g/mol. The Morgan fingerprint density at radius 1 is 1.00 bits per heavy atom. The van der Waals surface area contributed by atoms with Crippen molar-refractivity contribution in [2.24, 2.45) is 0 Å². The lowest BCUT2D eigenvalue weighted by molar-refractivity contribution is -0.0667. The van der Waals surface area contributed by atoms with Crippen molar-refractivity contribution in [3.8, 4) is 0 Å². The second kappa shape index (κ2) is 5.40. The summed E-state index contributed by atoms with van der Waals surface area (Å²) < 4.78 is 11.9. The minimum Gasteiger partial charge on any atom is -0.394 e. The van der Waals surface area contributed by atoms with E-state index in [9.17, 15) is 5.11 Å². The van der Waals surface area contributed by atoms with Crippen molar-refractivity contribution in [3.63, 3.8) is 0 Å². The molecular formula is C16H17N3O3. The summed E-state index contributed by atoms with van der Waals surface area (Å²) in [4.78, 5) is 10.8. The average molecular weight is 299 g/mol. The number of hydrogen-bond acceptors (Lipinski definition) is 6. The molecule has 0 amide bonds. The Hall–Kier alpha value is -1.86. The number of ether oxygens (including phenoxy) is 2. The molecule has 6 heteroatoms. The fourth-order valence-corrected chi connectivity index (χ4v) is 3.11. The standard InChI is InChI=1S/C16H17N3O3/c20-9-16-10-21-14(12-5-1-3-7-17-12)19(16)15(22-11-16)13-6-2-4-8-18-13/h1-8,14-15,20H,9-11H2/t14-,15+,16?. The van der Waals surface area contributed by atoms with E-state index in [0.717, 1.165) is 11.4 Å². The summed E-state index contributed by atoms with van der Waals surface area (Å²) >= 11 is 0. The maximum atomic E-state index is 9.91. The summed E-state index contributed by atoms with van der Waals surface area (Å²) in [5.41, 5.74) is 1.08. The first kappa shape index (κ1) is 13.8. The number of aliphatic hydroxyl groups excluding tert-OH is 1. The van der Waals surface area contributed by atoms with Crippen molar-refractivity contribution in [3.05, 3.63) is 60.2 Å². The summed E-state index contributed by atoms with van der Waals surface area (Å²) in [5.74, 6) is 0. The molecule has 0 bridgehead atoms. The Labute approximate surface area is 128 Å². The molecule has 0 aromatic carbocycles. The van der Waals surface area contributed by atoms with Crippen LogP contribution < -0.4 is 0 Å². The molecule has 4 rings (SSSR count). The van der Waals surface area contributed by atoms with Crippen LogP contribution in [0.1, 0.15) is 23.8 Å². The lowest BCUT2D eigenvalue weighted by atomic mass is 10.0. The Morgan fingerprint density at radius 2 is 1.55 bits per heavy atom. The van der Waals surface area contributed by atoms with Gasteiger partial charge in [0.1, 0.15) is 0 Å². The van der Waals surface area contributed by atoms with Crippen molar-refractivity contribution in [1.29, 1.82) is 0 Å². The smallest absolute Gasteiger partial charge is 0.156 e. The molecule has 2 aromatic rings. The summed E-state index contributed by atoms with van der Waals surface area (Å²) in [7, 11) is 0. The molecule has 0 aliphatic carbocycles. The lowest BCUT2D eigenvalue weighted by Crippen LogP contribution is -2.47. The number of aliphatic hydroxyl groups is 1. The largest absolute Gasteiger partial charge is 0.394 e. The Balaban J connectivity index is 1.74. The maximum absolute atomic E-state index is 9.91. The molecule has 2 aliphatic rings. The molecule has 0 radical (unpaired) electrons. The highest BCUT2D eigenvalue weighted by Gasteiger charge is 2.57. The van der Waals surface area contributed by atoms with Gasteiger partial charge in [-0.05, 0) is 24.3 Å². The van der Waals surface area contributed by atoms with Crippen molar-refractivity contribution >= 4 is 0 Å². The number of pyridine rings is 2. The zero-order valence-electron chi connectivity index (χ0n) is 12.0. The van der Waals surface area contributed by atoms with E-state index in [-0.39, 0.29) is 19.1 Å². The third-order valence-corrected chi connectivity index (χ3v) is 4.25. The zero-order valence-corrected chi connectivity index (χ0v) is 12.0. The van der Waals surface area contributed by atoms with Crippen LogP contribution in [0.4, 0.5) is 0 Å². The summed E-state index contributed by atoms with van der Waals surface area (Å²) in [6.07, 6.45) is 2.79. The fourth-order valence-electron chi connectivity index (χ4n) is 3.11. The predicted octanol–water partition coefficient (Wildman–Crippen LogP) is 1.27. The van der Waals surface area contributed by atoms with Gasteiger partial charge in [0.05, 0.1) is 36.7 Å². The molecule has 114 valence electrons. The van der Waals surface area contributed by atoms with Crippen LogP contribution in [0.15, 0.2) is 48.8 Å². The Bertz CT molecular complexity index is 586. The number of rotatable bonds is 3. The van der Waals surface area contributed by atoms with E-state index in [1.807, 2.05) is 36.4 Å². The minimum absolute atomic E-state index is 0.0281. The van der Waals surface area contributed by atoms with E-state index in [2.05, 4.69) is 14.9 Å². The van der Waals surface area contributed by atoms with Gasteiger partial charge in [-0.1, -0.05) is 12.1 Å². The first-order valence-electron chi connectivity index (χ1n) is 7.28. The number of fused-ring (bicyclic) bond motifs is 1. The SMILES string of the molecule is OCC12CO[C@H](c3ccccn3)N1[C@H](c1ccccn1)OC2. The molecule has 22 heavy (non-hydrogen) atoms. The van der Waals surface area contributed by atoms with Gasteiger partial charge in [0.25, 0.3) is 0 Å². The molecule has 1 unspecified atom stereocenters.